The molecule has 4 atom stereocenters. The van der Waals surface area contributed by atoms with E-state index in [1.807, 2.05) is 67.6 Å². The van der Waals surface area contributed by atoms with Crippen molar-refractivity contribution >= 4 is 0 Å². The predicted octanol–water partition coefficient (Wildman–Crippen LogP) is 5.03. The molecule has 1 saturated heterocycles. The molecule has 0 saturated carbocycles. The fourth-order valence-corrected chi connectivity index (χ4v) is 5.30. The summed E-state index contributed by atoms with van der Waals surface area (Å²) in [6.07, 6.45) is 0.390. The Kier molecular flexibility index (Phi) is 7.62. The van der Waals surface area contributed by atoms with Gasteiger partial charge in [0.15, 0.2) is 0 Å². The van der Waals surface area contributed by atoms with E-state index in [0.29, 0.717) is 35.2 Å². The maximum atomic E-state index is 12.5. The molecule has 36 heavy (non-hydrogen) atoms. The number of hydrogen-bond acceptors (Lipinski definition) is 7. The molecular weight excluding hydrogens is 458 g/mol. The largest absolute Gasteiger partial charge is 0.497 e. The van der Waals surface area contributed by atoms with Crippen LogP contribution in [0, 0.1) is 5.92 Å². The maximum absolute atomic E-state index is 12.5. The van der Waals surface area contributed by atoms with E-state index < -0.39 is 5.60 Å². The first-order chi connectivity index (χ1) is 17.4. The molecule has 2 N–H and O–H groups in total. The van der Waals surface area contributed by atoms with Crippen molar-refractivity contribution < 1.29 is 28.8 Å². The second kappa shape index (κ2) is 10.7. The summed E-state index contributed by atoms with van der Waals surface area (Å²) in [5.41, 5.74) is 1.28. The molecule has 1 fully saturated rings. The Labute approximate surface area is 212 Å². The molecule has 0 unspecified atom stereocenters. The van der Waals surface area contributed by atoms with E-state index >= 15 is 0 Å². The number of piperidine rings is 1. The fourth-order valence-electron chi connectivity index (χ4n) is 5.30. The van der Waals surface area contributed by atoms with Gasteiger partial charge in [-0.05, 0) is 42.5 Å². The van der Waals surface area contributed by atoms with E-state index in [1.165, 1.54) is 0 Å². The molecule has 3 aromatic rings. The Bertz CT molecular complexity index is 1200. The third-order valence-corrected chi connectivity index (χ3v) is 7.31. The second-order valence-corrected chi connectivity index (χ2v) is 9.03. The average molecular weight is 494 g/mol. The van der Waals surface area contributed by atoms with Crippen LogP contribution in [0.1, 0.15) is 42.1 Å². The molecule has 0 spiro atoms. The van der Waals surface area contributed by atoms with Gasteiger partial charge < -0.3 is 34.1 Å². The van der Waals surface area contributed by atoms with Crippen LogP contribution in [-0.2, 0) is 5.60 Å². The molecule has 0 radical (unpaired) electrons. The summed E-state index contributed by atoms with van der Waals surface area (Å²) in [7, 11) is 8.19. The van der Waals surface area contributed by atoms with Crippen molar-refractivity contribution in [1.29, 1.82) is 0 Å². The van der Waals surface area contributed by atoms with Crippen molar-refractivity contribution in [2.24, 2.45) is 5.92 Å². The van der Waals surface area contributed by atoms with E-state index in [1.54, 1.807) is 35.5 Å². The van der Waals surface area contributed by atoms with E-state index in [-0.39, 0.29) is 18.0 Å². The number of benzene rings is 3. The fraction of sp³-hybridized carbons (Fsp3) is 0.379. The predicted molar refractivity (Wildman–Crippen MR) is 138 cm³/mol. The lowest BCUT2D eigenvalue weighted by molar-refractivity contribution is -0.0760. The molecule has 7 nitrogen and oxygen atoms in total. The molecule has 192 valence electrons. The molecule has 3 aromatic carbocycles. The zero-order valence-electron chi connectivity index (χ0n) is 21.7. The first-order valence-electron chi connectivity index (χ1n) is 12.0. The van der Waals surface area contributed by atoms with Crippen LogP contribution < -0.4 is 29.0 Å². The first kappa shape index (κ1) is 25.7. The van der Waals surface area contributed by atoms with Crippen molar-refractivity contribution in [1.82, 2.24) is 5.32 Å². The van der Waals surface area contributed by atoms with Crippen LogP contribution in [0.25, 0.3) is 0 Å². The number of nitrogens with one attached hydrogen (secondary N) is 1. The maximum Gasteiger partial charge on any atom is 0.124 e. The monoisotopic (exact) mass is 493 g/mol. The van der Waals surface area contributed by atoms with Gasteiger partial charge in [-0.1, -0.05) is 25.1 Å². The molecule has 0 aliphatic carbocycles. The van der Waals surface area contributed by atoms with Crippen molar-refractivity contribution in [3.05, 3.63) is 77.4 Å². The van der Waals surface area contributed by atoms with Crippen LogP contribution in [0.4, 0.5) is 0 Å². The van der Waals surface area contributed by atoms with Gasteiger partial charge in [-0.15, -0.1) is 0 Å². The summed E-state index contributed by atoms with van der Waals surface area (Å²) in [5, 5.41) is 16.3. The number of aliphatic hydroxyl groups is 1. The molecule has 0 amide bonds. The van der Waals surface area contributed by atoms with Gasteiger partial charge in [0.05, 0.1) is 41.2 Å². The van der Waals surface area contributed by atoms with Gasteiger partial charge in [0.2, 0.25) is 0 Å². The van der Waals surface area contributed by atoms with Gasteiger partial charge in [0.25, 0.3) is 0 Å². The highest BCUT2D eigenvalue weighted by Crippen LogP contribution is 2.53. The molecule has 1 aliphatic heterocycles. The highest BCUT2D eigenvalue weighted by atomic mass is 16.5. The van der Waals surface area contributed by atoms with Crippen LogP contribution in [0.15, 0.2) is 60.7 Å². The molecule has 1 heterocycles. The Morgan fingerprint density at radius 3 is 1.86 bits per heavy atom. The molecule has 0 bridgehead atoms. The Balaban J connectivity index is 1.92. The van der Waals surface area contributed by atoms with Gasteiger partial charge in [0, 0.05) is 41.1 Å². The third-order valence-electron chi connectivity index (χ3n) is 7.31. The highest BCUT2D eigenvalue weighted by molar-refractivity contribution is 5.48. The van der Waals surface area contributed by atoms with Gasteiger partial charge in [-0.2, -0.15) is 0 Å². The van der Waals surface area contributed by atoms with E-state index in [9.17, 15) is 5.11 Å². The quantitative estimate of drug-likeness (QED) is 0.456. The summed E-state index contributed by atoms with van der Waals surface area (Å²) in [6.45, 7) is 2.04. The van der Waals surface area contributed by atoms with Crippen molar-refractivity contribution in [3.8, 4) is 28.7 Å². The van der Waals surface area contributed by atoms with Gasteiger partial charge in [0.1, 0.15) is 28.7 Å². The van der Waals surface area contributed by atoms with Crippen LogP contribution >= 0.6 is 0 Å². The van der Waals surface area contributed by atoms with Crippen molar-refractivity contribution in [2.45, 2.75) is 31.0 Å². The number of para-hydroxylation sites is 1. The summed E-state index contributed by atoms with van der Waals surface area (Å²) >= 11 is 0. The zero-order valence-corrected chi connectivity index (χ0v) is 21.7. The lowest BCUT2D eigenvalue weighted by atomic mass is 9.68. The number of hydrogen-bond donors (Lipinski definition) is 2. The van der Waals surface area contributed by atoms with Gasteiger partial charge in [-0.3, -0.25) is 0 Å². The Morgan fingerprint density at radius 1 is 0.722 bits per heavy atom. The zero-order chi connectivity index (χ0) is 25.9. The standard InChI is InChI=1S/C29H35NO6/c1-18-28(22-16-20(33-3)12-14-26(22)35-5)30-24(21-15-19(32-2)11-13-25(21)34-4)17-29(18,31)23-9-7-8-10-27(23)36-6/h7-16,18,24,28,30-31H,17H2,1-6H3/t18-,24+,28-,29-/m0/s1. The number of methoxy groups -OCH3 is 5. The summed E-state index contributed by atoms with van der Waals surface area (Å²) < 4.78 is 28.2. The van der Waals surface area contributed by atoms with Crippen LogP contribution in [0.2, 0.25) is 0 Å². The summed E-state index contributed by atoms with van der Waals surface area (Å²) in [4.78, 5) is 0. The highest BCUT2D eigenvalue weighted by Gasteiger charge is 2.49. The topological polar surface area (TPSA) is 78.4 Å². The second-order valence-electron chi connectivity index (χ2n) is 9.03. The van der Waals surface area contributed by atoms with Crippen LogP contribution in [0.3, 0.4) is 0 Å². The third kappa shape index (κ3) is 4.56. The van der Waals surface area contributed by atoms with Gasteiger partial charge >= 0.3 is 0 Å². The summed E-state index contributed by atoms with van der Waals surface area (Å²) in [6, 6.07) is 18.5. The van der Waals surface area contributed by atoms with Gasteiger partial charge in [-0.25, -0.2) is 0 Å². The first-order valence-corrected chi connectivity index (χ1v) is 12.0. The minimum atomic E-state index is -1.24. The molecule has 0 aromatic heterocycles. The molecule has 4 rings (SSSR count). The van der Waals surface area contributed by atoms with Crippen molar-refractivity contribution in [2.75, 3.05) is 35.5 Å². The lowest BCUT2D eigenvalue weighted by Gasteiger charge is -2.48. The SMILES string of the molecule is COc1ccc(OC)c([C@H]2N[C@@H](c3cc(OC)ccc3OC)C[C@@](O)(c3ccccc3OC)[C@H]2C)c1. The minimum absolute atomic E-state index is 0.261. The Morgan fingerprint density at radius 2 is 1.28 bits per heavy atom. The normalized spacial score (nSPS) is 23.6. The van der Waals surface area contributed by atoms with Crippen LogP contribution in [0.5, 0.6) is 28.7 Å². The number of rotatable bonds is 8. The molecule has 7 heteroatoms. The smallest absolute Gasteiger partial charge is 0.124 e. The minimum Gasteiger partial charge on any atom is -0.497 e. The molecular formula is C29H35NO6. The van der Waals surface area contributed by atoms with E-state index in [4.69, 9.17) is 23.7 Å². The van der Waals surface area contributed by atoms with E-state index in [0.717, 1.165) is 16.7 Å². The van der Waals surface area contributed by atoms with Crippen molar-refractivity contribution in [3.63, 3.8) is 0 Å². The summed E-state index contributed by atoms with van der Waals surface area (Å²) in [5.74, 6) is 3.22. The van der Waals surface area contributed by atoms with Crippen LogP contribution in [-0.4, -0.2) is 40.7 Å². The number of ether oxygens (including phenoxy) is 5. The lowest BCUT2D eigenvalue weighted by Crippen LogP contribution is -2.50. The van der Waals surface area contributed by atoms with E-state index in [2.05, 4.69) is 5.32 Å². The average Bonchev–Trinajstić information content (AvgIpc) is 2.93. The Hall–Kier alpha value is -3.42. The molecule has 1 aliphatic rings.